The topological polar surface area (TPSA) is 75.6 Å². The largest absolute Gasteiger partial charge is 0.496 e. The Hall–Kier alpha value is -2.19. The zero-order chi connectivity index (χ0) is 21.3. The fourth-order valence-corrected chi connectivity index (χ4v) is 5.76. The zero-order valence-corrected chi connectivity index (χ0v) is 18.8. The summed E-state index contributed by atoms with van der Waals surface area (Å²) in [5.74, 6) is 2.52. The maximum absolute atomic E-state index is 12.2. The van der Waals surface area contributed by atoms with Crippen molar-refractivity contribution in [2.45, 2.75) is 45.1 Å². The number of aryl methyl sites for hydroxylation is 1. The predicted molar refractivity (Wildman–Crippen MR) is 118 cm³/mol. The Kier molecular flexibility index (Phi) is 5.97. The number of nitrogens with zero attached hydrogens (tertiary/aromatic N) is 4. The molecule has 8 heteroatoms. The molecule has 0 radical (unpaired) electrons. The molecule has 2 aliphatic heterocycles. The lowest BCUT2D eigenvalue weighted by Crippen LogP contribution is -2.35. The molecule has 30 heavy (non-hydrogen) atoms. The van der Waals surface area contributed by atoms with Gasteiger partial charge in [-0.1, -0.05) is 18.2 Å². The zero-order valence-electron chi connectivity index (χ0n) is 18.0. The highest BCUT2D eigenvalue weighted by molar-refractivity contribution is 7.88. The van der Waals surface area contributed by atoms with Crippen LogP contribution in [0.4, 0.5) is 5.82 Å². The Morgan fingerprint density at radius 1 is 1.17 bits per heavy atom. The molecular formula is C22H30N4O3S. The second-order valence-electron chi connectivity index (χ2n) is 8.15. The van der Waals surface area contributed by atoms with Gasteiger partial charge in [0.2, 0.25) is 10.0 Å². The average molecular weight is 431 g/mol. The predicted octanol–water partition coefficient (Wildman–Crippen LogP) is 2.89. The molecule has 2 aliphatic rings. The van der Waals surface area contributed by atoms with Crippen molar-refractivity contribution in [3.63, 3.8) is 0 Å². The molecule has 2 aromatic rings. The second-order valence-corrected chi connectivity index (χ2v) is 10.1. The molecule has 1 atom stereocenters. The minimum absolute atomic E-state index is 0.262. The van der Waals surface area contributed by atoms with Gasteiger partial charge in [-0.15, -0.1) is 0 Å². The monoisotopic (exact) mass is 430 g/mol. The Labute approximate surface area is 179 Å². The van der Waals surface area contributed by atoms with E-state index in [1.807, 2.05) is 25.1 Å². The highest BCUT2D eigenvalue weighted by atomic mass is 32.2. The number of methoxy groups -OCH3 is 1. The van der Waals surface area contributed by atoms with Crippen LogP contribution in [-0.2, 0) is 22.9 Å². The third-order valence-electron chi connectivity index (χ3n) is 6.14. The van der Waals surface area contributed by atoms with Crippen molar-refractivity contribution in [3.8, 4) is 5.75 Å². The van der Waals surface area contributed by atoms with Crippen molar-refractivity contribution in [2.75, 3.05) is 37.9 Å². The van der Waals surface area contributed by atoms with E-state index in [-0.39, 0.29) is 6.04 Å². The first-order valence-electron chi connectivity index (χ1n) is 10.6. The highest BCUT2D eigenvalue weighted by Crippen LogP contribution is 2.35. The number of ether oxygens (including phenoxy) is 1. The summed E-state index contributed by atoms with van der Waals surface area (Å²) in [7, 11) is -1.57. The maximum atomic E-state index is 12.2. The number of benzene rings is 1. The van der Waals surface area contributed by atoms with Crippen LogP contribution >= 0.6 is 0 Å². The molecule has 3 heterocycles. The van der Waals surface area contributed by atoms with Crippen molar-refractivity contribution in [2.24, 2.45) is 0 Å². The average Bonchev–Trinajstić information content (AvgIpc) is 3.23. The van der Waals surface area contributed by atoms with Gasteiger partial charge in [-0.2, -0.15) is 4.31 Å². The smallest absolute Gasteiger partial charge is 0.211 e. The molecule has 0 N–H and O–H groups in total. The number of anilines is 1. The van der Waals surface area contributed by atoms with Crippen molar-refractivity contribution in [1.82, 2.24) is 14.3 Å². The fourth-order valence-electron chi connectivity index (χ4n) is 4.64. The molecule has 7 nitrogen and oxygen atoms in total. The molecule has 0 amide bonds. The normalized spacial score (nSPS) is 19.7. The molecule has 0 spiro atoms. The summed E-state index contributed by atoms with van der Waals surface area (Å²) in [5.41, 5.74) is 3.34. The fraction of sp³-hybridized carbons (Fsp3) is 0.545. The molecule has 0 aliphatic carbocycles. The van der Waals surface area contributed by atoms with Gasteiger partial charge in [-0.25, -0.2) is 18.4 Å². The molecule has 1 aromatic heterocycles. The van der Waals surface area contributed by atoms with Crippen molar-refractivity contribution < 1.29 is 13.2 Å². The van der Waals surface area contributed by atoms with E-state index in [1.165, 1.54) is 17.4 Å². The van der Waals surface area contributed by atoms with Crippen molar-refractivity contribution >= 4 is 15.8 Å². The Balaban J connectivity index is 1.62. The van der Waals surface area contributed by atoms with Crippen molar-refractivity contribution in [1.29, 1.82) is 0 Å². The summed E-state index contributed by atoms with van der Waals surface area (Å²) >= 11 is 0. The van der Waals surface area contributed by atoms with Gasteiger partial charge >= 0.3 is 0 Å². The van der Waals surface area contributed by atoms with Crippen molar-refractivity contribution in [3.05, 3.63) is 46.9 Å². The van der Waals surface area contributed by atoms with Crippen LogP contribution in [-0.4, -0.2) is 55.7 Å². The summed E-state index contributed by atoms with van der Waals surface area (Å²) in [6.07, 6.45) is 5.78. The molecule has 1 saturated heterocycles. The van der Waals surface area contributed by atoms with E-state index >= 15 is 0 Å². The number of sulfonamides is 1. The number of fused-ring (bicyclic) bond motifs is 1. The standard InChI is InChI=1S/C22H30N4O3S/c1-16-18-9-6-13-25(15-12-17-8-4-5-11-20(17)29-2)22(18)24-21(23-16)19-10-7-14-26(19)30(3,27)28/h4-5,8,11,19H,6-7,9-10,12-15H2,1-3H3/t19-/m0/s1. The maximum Gasteiger partial charge on any atom is 0.211 e. The van der Waals surface area contributed by atoms with Gasteiger partial charge in [-0.05, 0) is 50.7 Å². The van der Waals surface area contributed by atoms with Crippen LogP contribution in [0.5, 0.6) is 5.75 Å². The lowest BCUT2D eigenvalue weighted by Gasteiger charge is -2.32. The van der Waals surface area contributed by atoms with Gasteiger partial charge in [0.15, 0.2) is 0 Å². The van der Waals surface area contributed by atoms with E-state index in [0.717, 1.165) is 62.5 Å². The van der Waals surface area contributed by atoms with E-state index in [9.17, 15) is 8.42 Å². The number of aromatic nitrogens is 2. The molecule has 0 saturated carbocycles. The van der Waals surface area contributed by atoms with Crippen LogP contribution in [0.15, 0.2) is 24.3 Å². The van der Waals surface area contributed by atoms with Crippen LogP contribution < -0.4 is 9.64 Å². The molecule has 1 aromatic carbocycles. The second kappa shape index (κ2) is 8.51. The van der Waals surface area contributed by atoms with E-state index < -0.39 is 10.0 Å². The minimum atomic E-state index is -3.28. The van der Waals surface area contributed by atoms with Crippen LogP contribution in [0, 0.1) is 6.92 Å². The van der Waals surface area contributed by atoms with Crippen LogP contribution in [0.3, 0.4) is 0 Å². The number of hydrogen-bond donors (Lipinski definition) is 0. The van der Waals surface area contributed by atoms with E-state index in [4.69, 9.17) is 14.7 Å². The number of hydrogen-bond acceptors (Lipinski definition) is 6. The van der Waals surface area contributed by atoms with Gasteiger partial charge < -0.3 is 9.64 Å². The third kappa shape index (κ3) is 4.16. The van der Waals surface area contributed by atoms with Gasteiger partial charge in [0.25, 0.3) is 0 Å². The minimum Gasteiger partial charge on any atom is -0.496 e. The van der Waals surface area contributed by atoms with Gasteiger partial charge in [0.1, 0.15) is 17.4 Å². The third-order valence-corrected chi connectivity index (χ3v) is 7.42. The summed E-state index contributed by atoms with van der Waals surface area (Å²) in [4.78, 5) is 12.0. The molecule has 162 valence electrons. The number of para-hydroxylation sites is 1. The first kappa shape index (κ1) is 21.1. The molecular weight excluding hydrogens is 400 g/mol. The first-order chi connectivity index (χ1) is 14.4. The van der Waals surface area contributed by atoms with E-state index in [2.05, 4.69) is 11.0 Å². The first-order valence-corrected chi connectivity index (χ1v) is 12.4. The quantitative estimate of drug-likeness (QED) is 0.701. The lowest BCUT2D eigenvalue weighted by atomic mass is 10.0. The lowest BCUT2D eigenvalue weighted by molar-refractivity contribution is 0.385. The highest BCUT2D eigenvalue weighted by Gasteiger charge is 2.35. The molecule has 4 rings (SSSR count). The Morgan fingerprint density at radius 3 is 2.73 bits per heavy atom. The molecule has 0 unspecified atom stereocenters. The molecule has 0 bridgehead atoms. The van der Waals surface area contributed by atoms with Gasteiger partial charge in [0, 0.05) is 30.9 Å². The Morgan fingerprint density at radius 2 is 1.97 bits per heavy atom. The summed E-state index contributed by atoms with van der Waals surface area (Å²) in [5, 5.41) is 0. The summed E-state index contributed by atoms with van der Waals surface area (Å²) in [6.45, 7) is 4.34. The SMILES string of the molecule is COc1ccccc1CCN1CCCc2c(C)nc([C@@H]3CCCN3S(C)(=O)=O)nc21. The van der Waals surface area contributed by atoms with Gasteiger partial charge in [-0.3, -0.25) is 0 Å². The Bertz CT molecular complexity index is 1030. The van der Waals surface area contributed by atoms with Crippen LogP contribution in [0.25, 0.3) is 0 Å². The summed E-state index contributed by atoms with van der Waals surface area (Å²) in [6, 6.07) is 7.84. The summed E-state index contributed by atoms with van der Waals surface area (Å²) < 4.78 is 31.5. The van der Waals surface area contributed by atoms with Gasteiger partial charge in [0.05, 0.1) is 19.4 Å². The molecule has 1 fully saturated rings. The van der Waals surface area contributed by atoms with Crippen LogP contribution in [0.2, 0.25) is 0 Å². The van der Waals surface area contributed by atoms with Crippen LogP contribution in [0.1, 0.15) is 47.9 Å². The number of rotatable bonds is 6. The van der Waals surface area contributed by atoms with E-state index in [1.54, 1.807) is 11.4 Å². The van der Waals surface area contributed by atoms with E-state index in [0.29, 0.717) is 12.4 Å².